The minimum absolute atomic E-state index is 0.0809. The minimum atomic E-state index is -1.58. The second kappa shape index (κ2) is 8.48. The van der Waals surface area contributed by atoms with Gasteiger partial charge in [0, 0.05) is 10.0 Å². The fourth-order valence-electron chi connectivity index (χ4n) is 6.44. The zero-order valence-corrected chi connectivity index (χ0v) is 23.0. The van der Waals surface area contributed by atoms with E-state index in [1.165, 1.54) is 28.0 Å². The van der Waals surface area contributed by atoms with Gasteiger partial charge in [0.1, 0.15) is 11.4 Å². The molecule has 3 fully saturated rings. The standard InChI is InChI=1S/C28H29BrFN3O4/c1-15(2)14-28-21-20(23(34)33(24(21)35)27(3,4)5)22(16-9-11-17(29)12-10-16)32(28)26(37)31(25(28)36)19-8-6-7-18(30)13-19/h6-13,15,20-22H,14H2,1-5H3/t20-,21-,22-,28-/m1/s1. The Kier molecular flexibility index (Phi) is 5.86. The molecule has 3 saturated heterocycles. The first kappa shape index (κ1) is 25.6. The molecule has 3 aliphatic rings. The van der Waals surface area contributed by atoms with E-state index in [1.807, 2.05) is 26.0 Å². The van der Waals surface area contributed by atoms with Crippen LogP contribution in [0, 0.1) is 23.6 Å². The number of imide groups is 2. The van der Waals surface area contributed by atoms with Gasteiger partial charge in [-0.05, 0) is 69.0 Å². The Balaban J connectivity index is 1.78. The maximum Gasteiger partial charge on any atom is 0.332 e. The lowest BCUT2D eigenvalue weighted by molar-refractivity contribution is -0.149. The summed E-state index contributed by atoms with van der Waals surface area (Å²) in [4.78, 5) is 60.3. The van der Waals surface area contributed by atoms with Crippen LogP contribution in [0.4, 0.5) is 14.9 Å². The first-order chi connectivity index (χ1) is 17.3. The van der Waals surface area contributed by atoms with Gasteiger partial charge < -0.3 is 4.90 Å². The highest BCUT2D eigenvalue weighted by Gasteiger charge is 2.77. The molecule has 5 amide bonds. The SMILES string of the molecule is CC(C)C[C@@]12C(=O)N(c3cccc(F)c3)C(=O)N1[C@H](c1ccc(Br)cc1)[C@@H]1C(=O)N(C(C)(C)C)C(=O)[C@@H]12. The molecule has 0 radical (unpaired) electrons. The lowest BCUT2D eigenvalue weighted by Gasteiger charge is -2.38. The van der Waals surface area contributed by atoms with Gasteiger partial charge in [0.2, 0.25) is 11.8 Å². The number of carbonyl (C=O) groups excluding carboxylic acids is 4. The van der Waals surface area contributed by atoms with Gasteiger partial charge in [0.25, 0.3) is 5.91 Å². The van der Waals surface area contributed by atoms with E-state index in [0.29, 0.717) is 5.56 Å². The van der Waals surface area contributed by atoms with Crippen molar-refractivity contribution in [1.82, 2.24) is 9.80 Å². The molecule has 0 aromatic heterocycles. The molecule has 2 aromatic rings. The van der Waals surface area contributed by atoms with E-state index < -0.39 is 52.6 Å². The van der Waals surface area contributed by atoms with Crippen molar-refractivity contribution in [2.45, 2.75) is 58.2 Å². The summed E-state index contributed by atoms with van der Waals surface area (Å²) in [5.41, 5.74) is -1.63. The summed E-state index contributed by atoms with van der Waals surface area (Å²) < 4.78 is 15.0. The van der Waals surface area contributed by atoms with Crippen LogP contribution < -0.4 is 4.90 Å². The third-order valence-corrected chi connectivity index (χ3v) is 8.08. The Bertz CT molecular complexity index is 1320. The van der Waals surface area contributed by atoms with Crippen LogP contribution in [-0.2, 0) is 14.4 Å². The first-order valence-electron chi connectivity index (χ1n) is 12.4. The summed E-state index contributed by atoms with van der Waals surface area (Å²) in [6.45, 7) is 9.19. The Morgan fingerprint density at radius 3 is 2.22 bits per heavy atom. The van der Waals surface area contributed by atoms with E-state index >= 15 is 0 Å². The number of hydrogen-bond acceptors (Lipinski definition) is 4. The molecule has 4 atom stereocenters. The van der Waals surface area contributed by atoms with Crippen molar-refractivity contribution in [3.8, 4) is 0 Å². The normalized spacial score (nSPS) is 27.6. The van der Waals surface area contributed by atoms with Crippen LogP contribution in [0.3, 0.4) is 0 Å². The second-order valence-corrected chi connectivity index (χ2v) is 12.4. The van der Waals surface area contributed by atoms with Crippen LogP contribution in [0.2, 0.25) is 0 Å². The lowest BCUT2D eigenvalue weighted by Crippen LogP contribution is -2.56. The predicted molar refractivity (Wildman–Crippen MR) is 139 cm³/mol. The van der Waals surface area contributed by atoms with Crippen LogP contribution in [0.15, 0.2) is 53.0 Å². The van der Waals surface area contributed by atoms with Gasteiger partial charge in [-0.15, -0.1) is 0 Å². The van der Waals surface area contributed by atoms with E-state index in [2.05, 4.69) is 15.9 Å². The topological polar surface area (TPSA) is 78.0 Å². The molecule has 3 heterocycles. The fourth-order valence-corrected chi connectivity index (χ4v) is 6.70. The second-order valence-electron chi connectivity index (χ2n) is 11.5. The summed E-state index contributed by atoms with van der Waals surface area (Å²) in [5, 5.41) is 0. The number of benzene rings is 2. The smallest absolute Gasteiger partial charge is 0.300 e. The molecule has 37 heavy (non-hydrogen) atoms. The van der Waals surface area contributed by atoms with Crippen molar-refractivity contribution in [3.05, 3.63) is 64.4 Å². The monoisotopic (exact) mass is 569 g/mol. The highest BCUT2D eigenvalue weighted by molar-refractivity contribution is 9.10. The van der Waals surface area contributed by atoms with Crippen molar-refractivity contribution < 1.29 is 23.6 Å². The van der Waals surface area contributed by atoms with Gasteiger partial charge in [0.15, 0.2) is 0 Å². The number of carbonyl (C=O) groups is 4. The highest BCUT2D eigenvalue weighted by atomic mass is 79.9. The molecule has 2 aromatic carbocycles. The molecular formula is C28H29BrFN3O4. The van der Waals surface area contributed by atoms with Crippen LogP contribution in [0.5, 0.6) is 0 Å². The summed E-state index contributed by atoms with van der Waals surface area (Å²) in [6, 6.07) is 11.0. The van der Waals surface area contributed by atoms with Gasteiger partial charge in [-0.1, -0.05) is 48.0 Å². The summed E-state index contributed by atoms with van der Waals surface area (Å²) in [7, 11) is 0. The van der Waals surface area contributed by atoms with Crippen molar-refractivity contribution in [3.63, 3.8) is 0 Å². The third kappa shape index (κ3) is 3.57. The van der Waals surface area contributed by atoms with Gasteiger partial charge in [-0.25, -0.2) is 14.1 Å². The average Bonchev–Trinajstić information content (AvgIpc) is 3.31. The molecule has 0 spiro atoms. The van der Waals surface area contributed by atoms with Crippen LogP contribution >= 0.6 is 15.9 Å². The summed E-state index contributed by atoms with van der Waals surface area (Å²) >= 11 is 3.43. The van der Waals surface area contributed by atoms with Gasteiger partial charge in [0.05, 0.1) is 23.6 Å². The largest absolute Gasteiger partial charge is 0.332 e. The summed E-state index contributed by atoms with van der Waals surface area (Å²) in [5.74, 6) is -4.05. The molecule has 0 unspecified atom stereocenters. The number of hydrogen-bond donors (Lipinski definition) is 0. The van der Waals surface area contributed by atoms with E-state index in [0.717, 1.165) is 15.4 Å². The maximum atomic E-state index is 14.4. The Hall–Kier alpha value is -3.07. The zero-order valence-electron chi connectivity index (χ0n) is 21.4. The minimum Gasteiger partial charge on any atom is -0.300 e. The maximum absolute atomic E-state index is 14.4. The van der Waals surface area contributed by atoms with Crippen molar-refractivity contribution >= 4 is 45.4 Å². The predicted octanol–water partition coefficient (Wildman–Crippen LogP) is 5.30. The number of rotatable bonds is 4. The number of anilines is 1. The van der Waals surface area contributed by atoms with E-state index in [1.54, 1.807) is 32.9 Å². The number of halogens is 2. The number of fused-ring (bicyclic) bond motifs is 3. The number of urea groups is 1. The number of amides is 5. The average molecular weight is 570 g/mol. The van der Waals surface area contributed by atoms with E-state index in [4.69, 9.17) is 0 Å². The molecule has 0 bridgehead atoms. The third-order valence-electron chi connectivity index (χ3n) is 7.55. The Labute approximate surface area is 223 Å². The van der Waals surface area contributed by atoms with Crippen LogP contribution in [-0.4, -0.2) is 44.6 Å². The highest BCUT2D eigenvalue weighted by Crippen LogP contribution is 2.61. The van der Waals surface area contributed by atoms with Crippen LogP contribution in [0.1, 0.15) is 52.6 Å². The Morgan fingerprint density at radius 1 is 1.00 bits per heavy atom. The van der Waals surface area contributed by atoms with Crippen molar-refractivity contribution in [2.75, 3.05) is 4.90 Å². The zero-order chi connectivity index (χ0) is 27.0. The lowest BCUT2D eigenvalue weighted by atomic mass is 9.74. The molecule has 194 valence electrons. The molecule has 0 aliphatic carbocycles. The molecule has 5 rings (SSSR count). The van der Waals surface area contributed by atoms with Crippen molar-refractivity contribution in [1.29, 1.82) is 0 Å². The molecule has 9 heteroatoms. The summed E-state index contributed by atoms with van der Waals surface area (Å²) in [6.07, 6.45) is 0.189. The number of likely N-dealkylation sites (tertiary alicyclic amines) is 1. The molecule has 7 nitrogen and oxygen atoms in total. The van der Waals surface area contributed by atoms with E-state index in [-0.39, 0.29) is 23.9 Å². The van der Waals surface area contributed by atoms with Crippen LogP contribution in [0.25, 0.3) is 0 Å². The molecular weight excluding hydrogens is 541 g/mol. The number of nitrogens with zero attached hydrogens (tertiary/aromatic N) is 3. The van der Waals surface area contributed by atoms with Gasteiger partial charge in [-0.2, -0.15) is 0 Å². The van der Waals surface area contributed by atoms with Gasteiger partial charge >= 0.3 is 6.03 Å². The molecule has 3 aliphatic heterocycles. The molecule has 0 saturated carbocycles. The fraction of sp³-hybridized carbons (Fsp3) is 0.429. The first-order valence-corrected chi connectivity index (χ1v) is 13.2. The Morgan fingerprint density at radius 2 is 1.65 bits per heavy atom. The molecule has 0 N–H and O–H groups in total. The van der Waals surface area contributed by atoms with Crippen molar-refractivity contribution in [2.24, 2.45) is 17.8 Å². The van der Waals surface area contributed by atoms with Gasteiger partial charge in [-0.3, -0.25) is 19.3 Å². The van der Waals surface area contributed by atoms with E-state index in [9.17, 15) is 23.6 Å². The quantitative estimate of drug-likeness (QED) is 0.370.